The number of nitrogens with zero attached hydrogens (tertiary/aromatic N) is 1. The molecule has 0 heterocycles. The second-order valence-corrected chi connectivity index (χ2v) is 4.97. The molecule has 0 aromatic heterocycles. The molecule has 0 spiro atoms. The minimum absolute atomic E-state index is 0.123. The molecule has 0 aliphatic heterocycles. The molecule has 4 heteroatoms. The number of aliphatic hydroxyl groups is 1. The fourth-order valence-corrected chi connectivity index (χ4v) is 1.99. The number of likely N-dealkylation sites (N-methyl/N-ethyl adjacent to an activating group) is 1. The zero-order valence-electron chi connectivity index (χ0n) is 12.2. The number of ether oxygens (including phenoxy) is 1. The molecule has 0 radical (unpaired) electrons. The number of hydrogen-bond donors (Lipinski definition) is 1. The van der Waals surface area contributed by atoms with E-state index in [9.17, 15) is 9.90 Å². The third-order valence-corrected chi connectivity index (χ3v) is 2.96. The maximum Gasteiger partial charge on any atom is 0.253 e. The molecular weight excluding hydrogens is 266 g/mol. The molecule has 0 fully saturated rings. The van der Waals surface area contributed by atoms with Crippen LogP contribution in [0.3, 0.4) is 0 Å². The molecular formula is C17H19NO3. The highest BCUT2D eigenvalue weighted by molar-refractivity contribution is 5.94. The van der Waals surface area contributed by atoms with Crippen LogP contribution in [0.25, 0.3) is 0 Å². The van der Waals surface area contributed by atoms with Crippen LogP contribution >= 0.6 is 0 Å². The van der Waals surface area contributed by atoms with Gasteiger partial charge in [0.05, 0.1) is 6.10 Å². The minimum Gasteiger partial charge on any atom is -0.457 e. The molecule has 0 saturated carbocycles. The van der Waals surface area contributed by atoms with Crippen LogP contribution in [0.1, 0.15) is 17.3 Å². The van der Waals surface area contributed by atoms with Crippen molar-refractivity contribution in [2.45, 2.75) is 13.0 Å². The lowest BCUT2D eigenvalue weighted by Gasteiger charge is -2.18. The average Bonchev–Trinajstić information content (AvgIpc) is 2.47. The first-order chi connectivity index (χ1) is 10.1. The Morgan fingerprint density at radius 1 is 1.10 bits per heavy atom. The number of rotatable bonds is 5. The zero-order valence-corrected chi connectivity index (χ0v) is 12.2. The SMILES string of the molecule is CC(O)CN(C)C(=O)c1ccc(Oc2ccccc2)cc1. The van der Waals surface area contributed by atoms with E-state index in [0.29, 0.717) is 17.9 Å². The van der Waals surface area contributed by atoms with Gasteiger partial charge in [0.15, 0.2) is 0 Å². The Hall–Kier alpha value is -2.33. The summed E-state index contributed by atoms with van der Waals surface area (Å²) in [6.07, 6.45) is -0.542. The highest BCUT2D eigenvalue weighted by Crippen LogP contribution is 2.21. The van der Waals surface area contributed by atoms with Crippen LogP contribution in [0.4, 0.5) is 0 Å². The number of para-hydroxylation sites is 1. The van der Waals surface area contributed by atoms with Crippen molar-refractivity contribution < 1.29 is 14.6 Å². The minimum atomic E-state index is -0.542. The van der Waals surface area contributed by atoms with Gasteiger partial charge in [-0.05, 0) is 43.3 Å². The van der Waals surface area contributed by atoms with Crippen molar-refractivity contribution in [1.29, 1.82) is 0 Å². The first-order valence-electron chi connectivity index (χ1n) is 6.83. The van der Waals surface area contributed by atoms with Gasteiger partial charge in [-0.15, -0.1) is 0 Å². The van der Waals surface area contributed by atoms with Crippen LogP contribution in [-0.4, -0.2) is 35.6 Å². The van der Waals surface area contributed by atoms with Crippen molar-refractivity contribution in [3.8, 4) is 11.5 Å². The van der Waals surface area contributed by atoms with E-state index in [1.807, 2.05) is 30.3 Å². The van der Waals surface area contributed by atoms with Crippen molar-refractivity contribution in [3.63, 3.8) is 0 Å². The standard InChI is InChI=1S/C17H19NO3/c1-13(19)12-18(2)17(20)14-8-10-16(11-9-14)21-15-6-4-3-5-7-15/h3-11,13,19H,12H2,1-2H3. The fourth-order valence-electron chi connectivity index (χ4n) is 1.99. The molecule has 0 aliphatic carbocycles. The number of carbonyl (C=O) groups is 1. The van der Waals surface area contributed by atoms with Crippen LogP contribution in [0, 0.1) is 0 Å². The van der Waals surface area contributed by atoms with Gasteiger partial charge in [-0.1, -0.05) is 18.2 Å². The van der Waals surface area contributed by atoms with Gasteiger partial charge in [0.1, 0.15) is 11.5 Å². The number of benzene rings is 2. The van der Waals surface area contributed by atoms with Crippen LogP contribution in [0.5, 0.6) is 11.5 Å². The Morgan fingerprint density at radius 3 is 2.24 bits per heavy atom. The number of carbonyl (C=O) groups excluding carboxylic acids is 1. The molecule has 1 unspecified atom stereocenters. The molecule has 2 aromatic carbocycles. The van der Waals surface area contributed by atoms with E-state index in [1.165, 1.54) is 4.90 Å². The molecule has 1 N–H and O–H groups in total. The first-order valence-corrected chi connectivity index (χ1v) is 6.83. The molecule has 2 rings (SSSR count). The molecule has 0 bridgehead atoms. The number of amides is 1. The van der Waals surface area contributed by atoms with Gasteiger partial charge in [0.2, 0.25) is 0 Å². The highest BCUT2D eigenvalue weighted by atomic mass is 16.5. The maximum atomic E-state index is 12.1. The topological polar surface area (TPSA) is 49.8 Å². The van der Waals surface area contributed by atoms with Crippen molar-refractivity contribution in [2.24, 2.45) is 0 Å². The van der Waals surface area contributed by atoms with E-state index in [4.69, 9.17) is 4.74 Å². The molecule has 110 valence electrons. The smallest absolute Gasteiger partial charge is 0.253 e. The molecule has 0 aliphatic rings. The summed E-state index contributed by atoms with van der Waals surface area (Å²) >= 11 is 0. The summed E-state index contributed by atoms with van der Waals surface area (Å²) in [6, 6.07) is 16.4. The summed E-state index contributed by atoms with van der Waals surface area (Å²) < 4.78 is 5.67. The molecule has 1 amide bonds. The third-order valence-electron chi connectivity index (χ3n) is 2.96. The van der Waals surface area contributed by atoms with Crippen molar-refractivity contribution >= 4 is 5.91 Å². The first kappa shape index (κ1) is 15.1. The lowest BCUT2D eigenvalue weighted by atomic mass is 10.2. The number of aliphatic hydroxyl groups excluding tert-OH is 1. The van der Waals surface area contributed by atoms with Gasteiger partial charge in [0.25, 0.3) is 5.91 Å². The number of hydrogen-bond acceptors (Lipinski definition) is 3. The van der Waals surface area contributed by atoms with Gasteiger partial charge in [0, 0.05) is 19.2 Å². The largest absolute Gasteiger partial charge is 0.457 e. The van der Waals surface area contributed by atoms with Crippen molar-refractivity contribution in [1.82, 2.24) is 4.90 Å². The summed E-state index contributed by atoms with van der Waals surface area (Å²) in [4.78, 5) is 13.6. The monoisotopic (exact) mass is 285 g/mol. The Bertz CT molecular complexity index is 579. The normalized spacial score (nSPS) is 11.8. The summed E-state index contributed by atoms with van der Waals surface area (Å²) in [5.41, 5.74) is 0.568. The zero-order chi connectivity index (χ0) is 15.2. The summed E-state index contributed by atoms with van der Waals surface area (Å²) in [5.74, 6) is 1.31. The highest BCUT2D eigenvalue weighted by Gasteiger charge is 2.13. The van der Waals surface area contributed by atoms with Crippen LogP contribution in [0.2, 0.25) is 0 Å². The second kappa shape index (κ2) is 6.90. The van der Waals surface area contributed by atoms with Crippen LogP contribution in [-0.2, 0) is 0 Å². The Labute approximate surface area is 124 Å². The van der Waals surface area contributed by atoms with Crippen LogP contribution in [0.15, 0.2) is 54.6 Å². The van der Waals surface area contributed by atoms with Crippen molar-refractivity contribution in [2.75, 3.05) is 13.6 Å². The molecule has 2 aromatic rings. The van der Waals surface area contributed by atoms with Gasteiger partial charge >= 0.3 is 0 Å². The summed E-state index contributed by atoms with van der Waals surface area (Å²) in [5, 5.41) is 9.31. The lowest BCUT2D eigenvalue weighted by Crippen LogP contribution is -2.32. The molecule has 0 saturated heterocycles. The van der Waals surface area contributed by atoms with E-state index in [-0.39, 0.29) is 5.91 Å². The fraction of sp³-hybridized carbons (Fsp3) is 0.235. The average molecular weight is 285 g/mol. The van der Waals surface area contributed by atoms with E-state index in [2.05, 4.69) is 0 Å². The molecule has 4 nitrogen and oxygen atoms in total. The van der Waals surface area contributed by atoms with Gasteiger partial charge in [-0.25, -0.2) is 0 Å². The Balaban J connectivity index is 2.03. The predicted molar refractivity (Wildman–Crippen MR) is 81.6 cm³/mol. The van der Waals surface area contributed by atoms with Gasteiger partial charge < -0.3 is 14.7 Å². The van der Waals surface area contributed by atoms with Crippen molar-refractivity contribution in [3.05, 3.63) is 60.2 Å². The van der Waals surface area contributed by atoms with Crippen LogP contribution < -0.4 is 4.74 Å². The maximum absolute atomic E-state index is 12.1. The van der Waals surface area contributed by atoms with Gasteiger partial charge in [-0.3, -0.25) is 4.79 Å². The van der Waals surface area contributed by atoms with E-state index in [0.717, 1.165) is 5.75 Å². The van der Waals surface area contributed by atoms with Gasteiger partial charge in [-0.2, -0.15) is 0 Å². The predicted octanol–water partition coefficient (Wildman–Crippen LogP) is 2.93. The quantitative estimate of drug-likeness (QED) is 0.919. The molecule has 1 atom stereocenters. The van der Waals surface area contributed by atoms with E-state index >= 15 is 0 Å². The third kappa shape index (κ3) is 4.33. The Morgan fingerprint density at radius 2 is 1.67 bits per heavy atom. The second-order valence-electron chi connectivity index (χ2n) is 4.97. The summed E-state index contributed by atoms with van der Waals surface area (Å²) in [7, 11) is 1.67. The van der Waals surface area contributed by atoms with E-state index < -0.39 is 6.10 Å². The molecule has 21 heavy (non-hydrogen) atoms. The summed E-state index contributed by atoms with van der Waals surface area (Å²) in [6.45, 7) is 1.96. The lowest BCUT2D eigenvalue weighted by molar-refractivity contribution is 0.0703. The Kier molecular flexibility index (Phi) is 4.95. The van der Waals surface area contributed by atoms with E-state index in [1.54, 1.807) is 38.2 Å².